The van der Waals surface area contributed by atoms with Crippen molar-refractivity contribution in [3.8, 4) is 0 Å². The van der Waals surface area contributed by atoms with Gasteiger partial charge in [0, 0.05) is 6.42 Å². The molecule has 2 rings (SSSR count). The summed E-state index contributed by atoms with van der Waals surface area (Å²) < 4.78 is 10.8. The van der Waals surface area contributed by atoms with Crippen LogP contribution in [0.3, 0.4) is 0 Å². The lowest BCUT2D eigenvalue weighted by atomic mass is 9.78. The van der Waals surface area contributed by atoms with Gasteiger partial charge in [0.1, 0.15) is 11.6 Å². The summed E-state index contributed by atoms with van der Waals surface area (Å²) in [6.45, 7) is 4.10. The lowest BCUT2D eigenvalue weighted by Crippen LogP contribution is -2.53. The summed E-state index contributed by atoms with van der Waals surface area (Å²) in [6.07, 6.45) is -0.158. The molecule has 1 spiro atoms. The van der Waals surface area contributed by atoms with Crippen LogP contribution in [0.5, 0.6) is 0 Å². The Labute approximate surface area is 119 Å². The van der Waals surface area contributed by atoms with Crippen LogP contribution >= 0.6 is 0 Å². The zero-order valence-electron chi connectivity index (χ0n) is 12.5. The van der Waals surface area contributed by atoms with E-state index in [1.165, 1.54) is 0 Å². The summed E-state index contributed by atoms with van der Waals surface area (Å²) in [6, 6.07) is -0.162. The van der Waals surface area contributed by atoms with E-state index in [0.717, 1.165) is 0 Å². The topological polar surface area (TPSA) is 83.6 Å². The molecule has 0 aromatic rings. The summed E-state index contributed by atoms with van der Waals surface area (Å²) in [5, 5.41) is 19.7. The number of aliphatic imine (C=N–C) groups is 2. The fourth-order valence-electron chi connectivity index (χ4n) is 2.93. The number of rotatable bonds is 1. The third kappa shape index (κ3) is 2.54. The predicted octanol–water partition coefficient (Wildman–Crippen LogP) is 0.759. The van der Waals surface area contributed by atoms with Crippen molar-refractivity contribution < 1.29 is 19.7 Å². The van der Waals surface area contributed by atoms with Crippen LogP contribution in [0.15, 0.2) is 9.98 Å². The maximum absolute atomic E-state index is 9.97. The summed E-state index contributed by atoms with van der Waals surface area (Å²) in [7, 11) is 3.16. The van der Waals surface area contributed by atoms with Gasteiger partial charge in [-0.25, -0.2) is 9.98 Å². The molecule has 4 atom stereocenters. The molecule has 1 aliphatic carbocycles. The molecular formula is C14H24N2O4. The number of hydrogen-bond acceptors (Lipinski definition) is 6. The Balaban J connectivity index is 2.37. The van der Waals surface area contributed by atoms with Crippen LogP contribution in [0.1, 0.15) is 33.1 Å². The lowest BCUT2D eigenvalue weighted by Gasteiger charge is -2.41. The number of ether oxygens (including phenoxy) is 2. The van der Waals surface area contributed by atoms with Gasteiger partial charge in [0.25, 0.3) is 0 Å². The second-order valence-corrected chi connectivity index (χ2v) is 5.89. The first kappa shape index (κ1) is 15.3. The minimum atomic E-state index is -0.818. The number of hydrogen-bond donors (Lipinski definition) is 2. The summed E-state index contributed by atoms with van der Waals surface area (Å²) in [5.41, 5.74) is -0.704. The van der Waals surface area contributed by atoms with Crippen LogP contribution < -0.4 is 0 Å². The van der Waals surface area contributed by atoms with Crippen molar-refractivity contribution in [2.75, 3.05) is 14.2 Å². The maximum Gasteiger partial charge on any atom is 0.212 e. The standard InChI is InChI=1S/C14H24N2O4/c1-8(2)11-12(19-3)16-14(13(15-11)20-4)6-5-9(17)10(18)7-14/h8-11,17-18H,5-7H2,1-4H3/t9-,10+,11-,14+/m1/s1. The quantitative estimate of drug-likeness (QED) is 0.744. The Morgan fingerprint density at radius 1 is 1.20 bits per heavy atom. The number of aliphatic hydroxyl groups is 2. The van der Waals surface area contributed by atoms with E-state index in [1.54, 1.807) is 14.2 Å². The monoisotopic (exact) mass is 284 g/mol. The Kier molecular flexibility index (Phi) is 4.34. The normalized spacial score (nSPS) is 37.6. The van der Waals surface area contributed by atoms with Crippen molar-refractivity contribution in [3.05, 3.63) is 0 Å². The minimum Gasteiger partial charge on any atom is -0.483 e. The van der Waals surface area contributed by atoms with E-state index < -0.39 is 17.7 Å². The number of aliphatic hydroxyl groups excluding tert-OH is 2. The first-order valence-electron chi connectivity index (χ1n) is 7.05. The summed E-state index contributed by atoms with van der Waals surface area (Å²) in [4.78, 5) is 9.33. The van der Waals surface area contributed by atoms with Gasteiger partial charge in [0.15, 0.2) is 0 Å². The average molecular weight is 284 g/mol. The van der Waals surface area contributed by atoms with Crippen LogP contribution in [-0.2, 0) is 9.47 Å². The molecule has 6 heteroatoms. The molecule has 0 aromatic heterocycles. The van der Waals surface area contributed by atoms with E-state index in [-0.39, 0.29) is 12.0 Å². The maximum atomic E-state index is 9.97. The van der Waals surface area contributed by atoms with E-state index in [9.17, 15) is 10.2 Å². The van der Waals surface area contributed by atoms with E-state index in [4.69, 9.17) is 14.5 Å². The van der Waals surface area contributed by atoms with Gasteiger partial charge in [-0.3, -0.25) is 0 Å². The SMILES string of the molecule is COC1=N[C@]2(CC[C@@H](O)[C@@H](O)C2)C(OC)=N[C@@H]1C(C)C. The second kappa shape index (κ2) is 5.69. The number of nitrogens with zero attached hydrogens (tertiary/aromatic N) is 2. The van der Waals surface area contributed by atoms with Gasteiger partial charge in [-0.1, -0.05) is 13.8 Å². The molecule has 2 aliphatic rings. The van der Waals surface area contributed by atoms with Gasteiger partial charge in [0.05, 0.1) is 26.4 Å². The van der Waals surface area contributed by atoms with Crippen molar-refractivity contribution in [2.24, 2.45) is 15.9 Å². The van der Waals surface area contributed by atoms with Gasteiger partial charge >= 0.3 is 0 Å². The molecule has 2 N–H and O–H groups in total. The molecule has 0 radical (unpaired) electrons. The molecule has 0 aromatic carbocycles. The number of methoxy groups -OCH3 is 2. The molecule has 20 heavy (non-hydrogen) atoms. The van der Waals surface area contributed by atoms with E-state index >= 15 is 0 Å². The lowest BCUT2D eigenvalue weighted by molar-refractivity contribution is -0.0244. The van der Waals surface area contributed by atoms with E-state index in [2.05, 4.69) is 4.99 Å². The highest BCUT2D eigenvalue weighted by Crippen LogP contribution is 2.37. The van der Waals surface area contributed by atoms with Crippen molar-refractivity contribution in [3.63, 3.8) is 0 Å². The molecule has 1 fully saturated rings. The van der Waals surface area contributed by atoms with Crippen LogP contribution in [0, 0.1) is 5.92 Å². The fraction of sp³-hybridized carbons (Fsp3) is 0.857. The van der Waals surface area contributed by atoms with Crippen LogP contribution in [0.25, 0.3) is 0 Å². The van der Waals surface area contributed by atoms with E-state index in [0.29, 0.717) is 31.1 Å². The molecule has 0 unspecified atom stereocenters. The molecule has 1 aliphatic heterocycles. The third-order valence-electron chi connectivity index (χ3n) is 4.11. The molecule has 0 amide bonds. The van der Waals surface area contributed by atoms with Crippen LogP contribution in [0.2, 0.25) is 0 Å². The molecule has 114 valence electrons. The fourth-order valence-corrected chi connectivity index (χ4v) is 2.93. The average Bonchev–Trinajstić information content (AvgIpc) is 2.42. The first-order valence-corrected chi connectivity index (χ1v) is 7.05. The van der Waals surface area contributed by atoms with Crippen molar-refractivity contribution in [1.29, 1.82) is 0 Å². The van der Waals surface area contributed by atoms with Gasteiger partial charge < -0.3 is 19.7 Å². The molecule has 1 heterocycles. The Morgan fingerprint density at radius 3 is 2.40 bits per heavy atom. The largest absolute Gasteiger partial charge is 0.483 e. The van der Waals surface area contributed by atoms with Crippen molar-refractivity contribution in [2.45, 2.75) is 56.9 Å². The van der Waals surface area contributed by atoms with Gasteiger partial charge in [0.2, 0.25) is 11.8 Å². The van der Waals surface area contributed by atoms with Crippen molar-refractivity contribution >= 4 is 11.8 Å². The van der Waals surface area contributed by atoms with Crippen LogP contribution in [-0.4, -0.2) is 60.0 Å². The minimum absolute atomic E-state index is 0.162. The molecule has 1 saturated carbocycles. The Bertz CT molecular complexity index is 421. The van der Waals surface area contributed by atoms with Gasteiger partial charge in [-0.05, 0) is 18.8 Å². The molecule has 6 nitrogen and oxygen atoms in total. The highest BCUT2D eigenvalue weighted by atomic mass is 16.5. The predicted molar refractivity (Wildman–Crippen MR) is 76.1 cm³/mol. The first-order chi connectivity index (χ1) is 9.43. The highest BCUT2D eigenvalue weighted by molar-refractivity contribution is 5.97. The molecular weight excluding hydrogens is 260 g/mol. The molecule has 0 saturated heterocycles. The van der Waals surface area contributed by atoms with Gasteiger partial charge in [-0.15, -0.1) is 0 Å². The van der Waals surface area contributed by atoms with Gasteiger partial charge in [-0.2, -0.15) is 0 Å². The Hall–Kier alpha value is -1.14. The Morgan fingerprint density at radius 2 is 1.90 bits per heavy atom. The smallest absolute Gasteiger partial charge is 0.212 e. The zero-order chi connectivity index (χ0) is 14.9. The highest BCUT2D eigenvalue weighted by Gasteiger charge is 2.48. The summed E-state index contributed by atoms with van der Waals surface area (Å²) in [5.74, 6) is 1.35. The summed E-state index contributed by atoms with van der Waals surface area (Å²) >= 11 is 0. The second-order valence-electron chi connectivity index (χ2n) is 5.89. The van der Waals surface area contributed by atoms with E-state index in [1.807, 2.05) is 13.8 Å². The zero-order valence-corrected chi connectivity index (χ0v) is 12.5. The molecule has 0 bridgehead atoms. The van der Waals surface area contributed by atoms with Crippen LogP contribution in [0.4, 0.5) is 0 Å². The van der Waals surface area contributed by atoms with Crippen molar-refractivity contribution in [1.82, 2.24) is 0 Å². The third-order valence-corrected chi connectivity index (χ3v) is 4.11.